The topological polar surface area (TPSA) is 51.0 Å². The Hall–Kier alpha value is -1.37. The Morgan fingerprint density at radius 3 is 2.54 bits per heavy atom. The van der Waals surface area contributed by atoms with E-state index in [-0.39, 0.29) is 0 Å². The highest BCUT2D eigenvalue weighted by atomic mass is 16.6. The maximum Gasteiger partial charge on any atom is 0.191 e. The van der Waals surface area contributed by atoms with Crippen molar-refractivity contribution in [1.29, 1.82) is 0 Å². The van der Waals surface area contributed by atoms with Gasteiger partial charge in [0.2, 0.25) is 0 Å². The van der Waals surface area contributed by atoms with Gasteiger partial charge in [-0.2, -0.15) is 4.91 Å². The van der Waals surface area contributed by atoms with Crippen molar-refractivity contribution in [3.8, 4) is 12.3 Å². The first-order chi connectivity index (χ1) is 5.93. The van der Waals surface area contributed by atoms with Crippen LogP contribution in [0.4, 0.5) is 0 Å². The number of rotatable bonds is 4. The number of terminal acetylenes is 1. The SMILES string of the molecule is C#CC(C)(C)ON=C(C)C(C)N=O. The number of nitrogens with zero attached hydrogens (tertiary/aromatic N) is 2. The van der Waals surface area contributed by atoms with Crippen LogP contribution in [-0.4, -0.2) is 17.4 Å². The van der Waals surface area contributed by atoms with Gasteiger partial charge in [0.15, 0.2) is 5.60 Å². The molecule has 0 spiro atoms. The van der Waals surface area contributed by atoms with Gasteiger partial charge in [0, 0.05) is 0 Å². The summed E-state index contributed by atoms with van der Waals surface area (Å²) in [7, 11) is 0. The summed E-state index contributed by atoms with van der Waals surface area (Å²) in [5.41, 5.74) is -0.234. The first kappa shape index (κ1) is 11.6. The lowest BCUT2D eigenvalue weighted by Gasteiger charge is -2.15. The van der Waals surface area contributed by atoms with Crippen molar-refractivity contribution in [3.05, 3.63) is 4.91 Å². The lowest BCUT2D eigenvalue weighted by Crippen LogP contribution is -2.21. The molecule has 72 valence electrons. The highest BCUT2D eigenvalue weighted by Crippen LogP contribution is 2.08. The van der Waals surface area contributed by atoms with Gasteiger partial charge in [0.05, 0.1) is 5.71 Å². The molecule has 0 bridgehead atoms. The Labute approximate surface area is 78.3 Å². The maximum atomic E-state index is 10.1. The number of hydrogen-bond acceptors (Lipinski definition) is 4. The second-order valence-electron chi connectivity index (χ2n) is 3.26. The molecule has 0 fully saturated rings. The van der Waals surface area contributed by atoms with Gasteiger partial charge in [-0.3, -0.25) is 0 Å². The molecule has 0 heterocycles. The molecule has 0 aromatic carbocycles. The molecule has 0 aliphatic heterocycles. The second-order valence-corrected chi connectivity index (χ2v) is 3.26. The van der Waals surface area contributed by atoms with E-state index in [0.29, 0.717) is 5.71 Å². The summed E-state index contributed by atoms with van der Waals surface area (Å²) in [5, 5.41) is 6.52. The molecule has 4 nitrogen and oxygen atoms in total. The molecule has 0 aliphatic carbocycles. The van der Waals surface area contributed by atoms with Gasteiger partial charge >= 0.3 is 0 Å². The zero-order chi connectivity index (χ0) is 10.5. The molecule has 0 N–H and O–H groups in total. The monoisotopic (exact) mass is 182 g/mol. The van der Waals surface area contributed by atoms with Crippen LogP contribution in [0.1, 0.15) is 27.7 Å². The van der Waals surface area contributed by atoms with Crippen molar-refractivity contribution >= 4 is 5.71 Å². The Balaban J connectivity index is 4.29. The van der Waals surface area contributed by atoms with Crippen LogP contribution in [0.2, 0.25) is 0 Å². The van der Waals surface area contributed by atoms with E-state index in [4.69, 9.17) is 11.3 Å². The molecule has 0 saturated heterocycles. The van der Waals surface area contributed by atoms with Gasteiger partial charge in [0.25, 0.3) is 0 Å². The fourth-order valence-corrected chi connectivity index (χ4v) is 0.365. The molecule has 0 saturated carbocycles. The molecule has 0 amide bonds. The van der Waals surface area contributed by atoms with E-state index in [9.17, 15) is 4.91 Å². The van der Waals surface area contributed by atoms with Crippen LogP contribution in [0.15, 0.2) is 10.3 Å². The van der Waals surface area contributed by atoms with Crippen LogP contribution in [-0.2, 0) is 4.84 Å². The van der Waals surface area contributed by atoms with Crippen molar-refractivity contribution in [3.63, 3.8) is 0 Å². The normalized spacial score (nSPS) is 14.5. The zero-order valence-corrected chi connectivity index (χ0v) is 8.37. The van der Waals surface area contributed by atoms with E-state index in [0.717, 1.165) is 0 Å². The molecule has 0 rings (SSSR count). The van der Waals surface area contributed by atoms with Crippen molar-refractivity contribution in [1.82, 2.24) is 0 Å². The van der Waals surface area contributed by atoms with Gasteiger partial charge in [-0.1, -0.05) is 16.3 Å². The van der Waals surface area contributed by atoms with E-state index in [1.807, 2.05) is 0 Å². The van der Waals surface area contributed by atoms with Crippen molar-refractivity contribution < 1.29 is 4.84 Å². The van der Waals surface area contributed by atoms with Crippen molar-refractivity contribution in [2.24, 2.45) is 10.3 Å². The van der Waals surface area contributed by atoms with E-state index in [2.05, 4.69) is 16.3 Å². The van der Waals surface area contributed by atoms with E-state index < -0.39 is 11.6 Å². The Morgan fingerprint density at radius 2 is 2.15 bits per heavy atom. The van der Waals surface area contributed by atoms with E-state index in [1.54, 1.807) is 27.7 Å². The summed E-state index contributed by atoms with van der Waals surface area (Å²) >= 11 is 0. The Kier molecular flexibility index (Phi) is 4.12. The minimum Gasteiger partial charge on any atom is -0.377 e. The fourth-order valence-electron chi connectivity index (χ4n) is 0.365. The van der Waals surface area contributed by atoms with Gasteiger partial charge in [-0.25, -0.2) is 0 Å². The van der Waals surface area contributed by atoms with Crippen LogP contribution in [0.5, 0.6) is 0 Å². The van der Waals surface area contributed by atoms with Crippen LogP contribution in [0, 0.1) is 17.3 Å². The van der Waals surface area contributed by atoms with E-state index in [1.165, 1.54) is 0 Å². The molecule has 0 aromatic heterocycles. The third-order valence-corrected chi connectivity index (χ3v) is 1.53. The average molecular weight is 182 g/mol. The fraction of sp³-hybridized carbons (Fsp3) is 0.667. The summed E-state index contributed by atoms with van der Waals surface area (Å²) in [6.07, 6.45) is 5.17. The quantitative estimate of drug-likeness (QED) is 0.289. The predicted molar refractivity (Wildman–Crippen MR) is 52.4 cm³/mol. The predicted octanol–water partition coefficient (Wildman–Crippen LogP) is 1.95. The lowest BCUT2D eigenvalue weighted by molar-refractivity contribution is 0.0313. The second kappa shape index (κ2) is 4.61. The summed E-state index contributed by atoms with van der Waals surface area (Å²) in [4.78, 5) is 15.1. The summed E-state index contributed by atoms with van der Waals surface area (Å²) in [5.74, 6) is 2.42. The average Bonchev–Trinajstić information content (AvgIpc) is 2.13. The molecular weight excluding hydrogens is 168 g/mol. The highest BCUT2D eigenvalue weighted by molar-refractivity contribution is 5.86. The van der Waals surface area contributed by atoms with Gasteiger partial charge in [0.1, 0.15) is 6.04 Å². The van der Waals surface area contributed by atoms with E-state index >= 15 is 0 Å². The van der Waals surface area contributed by atoms with Crippen molar-refractivity contribution in [2.45, 2.75) is 39.3 Å². The molecule has 0 radical (unpaired) electrons. The summed E-state index contributed by atoms with van der Waals surface area (Å²) in [6.45, 7) is 6.72. The molecule has 1 atom stereocenters. The number of nitroso groups, excluding NO2 is 1. The Morgan fingerprint density at radius 1 is 1.62 bits per heavy atom. The van der Waals surface area contributed by atoms with Crippen LogP contribution in [0.25, 0.3) is 0 Å². The smallest absolute Gasteiger partial charge is 0.191 e. The molecule has 0 aromatic rings. The number of oxime groups is 1. The number of hydrogen-bond donors (Lipinski definition) is 0. The molecule has 1 unspecified atom stereocenters. The zero-order valence-electron chi connectivity index (χ0n) is 8.37. The maximum absolute atomic E-state index is 10.1. The molecule has 4 heteroatoms. The van der Waals surface area contributed by atoms with Crippen molar-refractivity contribution in [2.75, 3.05) is 0 Å². The van der Waals surface area contributed by atoms with Crippen LogP contribution < -0.4 is 0 Å². The van der Waals surface area contributed by atoms with Gasteiger partial charge < -0.3 is 4.84 Å². The first-order valence-electron chi connectivity index (χ1n) is 3.96. The summed E-state index contributed by atoms with van der Waals surface area (Å²) < 4.78 is 0. The molecular formula is C9H14N2O2. The third kappa shape index (κ3) is 4.26. The minimum absolute atomic E-state index is 0.478. The largest absolute Gasteiger partial charge is 0.377 e. The molecule has 13 heavy (non-hydrogen) atoms. The van der Waals surface area contributed by atoms with Crippen LogP contribution in [0.3, 0.4) is 0 Å². The van der Waals surface area contributed by atoms with Gasteiger partial charge in [-0.15, -0.1) is 6.42 Å². The minimum atomic E-state index is -0.746. The standard InChI is InChI=1S/C9H14N2O2/c1-6-9(4,5)13-11-8(3)7(2)10-12/h1,7H,2-5H3. The summed E-state index contributed by atoms with van der Waals surface area (Å²) in [6, 6.07) is -0.478. The highest BCUT2D eigenvalue weighted by Gasteiger charge is 2.15. The van der Waals surface area contributed by atoms with Crippen LogP contribution >= 0.6 is 0 Å². The lowest BCUT2D eigenvalue weighted by atomic mass is 10.2. The third-order valence-electron chi connectivity index (χ3n) is 1.53. The Bertz CT molecular complexity index is 251. The first-order valence-corrected chi connectivity index (χ1v) is 3.96. The van der Waals surface area contributed by atoms with Gasteiger partial charge in [-0.05, 0) is 27.7 Å². The molecule has 0 aliphatic rings.